The van der Waals surface area contributed by atoms with Gasteiger partial charge >= 0.3 is 0 Å². The molecule has 4 fully saturated rings. The summed E-state index contributed by atoms with van der Waals surface area (Å²) in [7, 11) is 1.24. The van der Waals surface area contributed by atoms with Crippen molar-refractivity contribution < 1.29 is 99.5 Å². The molecule has 4 rings (SSSR count). The molecule has 1 saturated carbocycles. The molecule has 0 aromatic carbocycles. The van der Waals surface area contributed by atoms with Gasteiger partial charge in [0.2, 0.25) is 0 Å². The molecule has 0 aromatic heterocycles. The van der Waals surface area contributed by atoms with Crippen LogP contribution in [0.4, 0.5) is 0 Å². The van der Waals surface area contributed by atoms with E-state index in [1.807, 2.05) is 0 Å². The Bertz CT molecular complexity index is 1010. The number of aliphatic hydroxyl groups excluding tert-OH is 12. The summed E-state index contributed by atoms with van der Waals surface area (Å²) in [6.45, 7) is -0.215. The third-order valence-corrected chi connectivity index (χ3v) is 10.1. The van der Waals surface area contributed by atoms with Crippen molar-refractivity contribution in [3.63, 3.8) is 0 Å². The summed E-state index contributed by atoms with van der Waals surface area (Å²) < 4.78 is 39.0. The number of methoxy groups -OCH3 is 1. The molecule has 13 N–H and O–H groups in total. The second-order valence-electron chi connectivity index (χ2n) is 13.1. The Morgan fingerprint density at radius 3 is 1.81 bits per heavy atom. The summed E-state index contributed by atoms with van der Waals surface area (Å²) in [6.07, 6.45) is -28.6. The lowest BCUT2D eigenvalue weighted by Gasteiger charge is -2.50. The molecule has 0 bridgehead atoms. The zero-order chi connectivity index (χ0) is 35.9. The van der Waals surface area contributed by atoms with E-state index in [0.717, 1.165) is 6.92 Å². The average Bonchev–Trinajstić information content (AvgIpc) is 3.06. The lowest BCUT2D eigenvalue weighted by Crippen LogP contribution is -2.68. The van der Waals surface area contributed by atoms with Crippen molar-refractivity contribution in [2.24, 2.45) is 5.92 Å². The van der Waals surface area contributed by atoms with Crippen molar-refractivity contribution in [2.45, 2.75) is 136 Å². The van der Waals surface area contributed by atoms with Crippen LogP contribution in [-0.4, -0.2) is 215 Å². The Morgan fingerprint density at radius 2 is 1.23 bits per heavy atom. The molecule has 3 heterocycles. The highest BCUT2D eigenvalue weighted by molar-refractivity contribution is 5.03. The molecule has 20 atom stereocenters. The van der Waals surface area contributed by atoms with Crippen molar-refractivity contribution in [3.8, 4) is 0 Å². The fourth-order valence-electron chi connectivity index (χ4n) is 6.64. The van der Waals surface area contributed by atoms with Crippen LogP contribution in [0.3, 0.4) is 0 Å². The molecular weight excluding hydrogens is 656 g/mol. The first-order valence-corrected chi connectivity index (χ1v) is 15.6. The topological polar surface area (TPSA) is 328 Å². The third kappa shape index (κ3) is 7.41. The van der Waals surface area contributed by atoms with Gasteiger partial charge in [-0.2, -0.15) is 0 Å². The normalized spacial score (nSPS) is 53.5. The maximum atomic E-state index is 11.3. The maximum absolute atomic E-state index is 11.3. The second kappa shape index (κ2) is 15.8. The van der Waals surface area contributed by atoms with Crippen LogP contribution in [0.15, 0.2) is 0 Å². The maximum Gasteiger partial charge on any atom is 0.187 e. The van der Waals surface area contributed by atoms with E-state index in [-0.39, 0.29) is 6.42 Å². The first kappa shape index (κ1) is 40.0. The van der Waals surface area contributed by atoms with Crippen molar-refractivity contribution in [3.05, 3.63) is 0 Å². The van der Waals surface area contributed by atoms with Gasteiger partial charge in [-0.3, -0.25) is 0 Å². The fourth-order valence-corrected chi connectivity index (χ4v) is 6.64. The van der Waals surface area contributed by atoms with Gasteiger partial charge in [0.05, 0.1) is 38.6 Å². The summed E-state index contributed by atoms with van der Waals surface area (Å²) >= 11 is 0. The lowest BCUT2D eigenvalue weighted by atomic mass is 9.80. The molecule has 20 nitrogen and oxygen atoms in total. The van der Waals surface area contributed by atoms with Crippen LogP contribution in [0.5, 0.6) is 0 Å². The highest BCUT2D eigenvalue weighted by Gasteiger charge is 2.57. The molecule has 3 saturated heterocycles. The highest BCUT2D eigenvalue weighted by Crippen LogP contribution is 2.38. The third-order valence-electron chi connectivity index (χ3n) is 10.1. The van der Waals surface area contributed by atoms with E-state index in [1.54, 1.807) is 0 Å². The number of hydrogen-bond acceptors (Lipinski definition) is 20. The van der Waals surface area contributed by atoms with E-state index in [9.17, 15) is 66.4 Å². The van der Waals surface area contributed by atoms with Gasteiger partial charge in [-0.15, -0.1) is 0 Å². The SMILES string of the molecule is CO[C@]1(C)C(CO)O[C@H](OCC2C[C@H](O[C@@H]3C(CO)O[C@H](O)C(O)[C@@H]3O)C(O)[C@H](O)[C@@H]2O[C@H]2OC(CO)[C@@](C)(O)[C@@H](O)C2O)C(O)[C@@H]1O. The monoisotopic (exact) mass is 706 g/mol. The number of rotatable bonds is 11. The minimum atomic E-state index is -2.11. The largest absolute Gasteiger partial charge is 0.394 e. The Morgan fingerprint density at radius 1 is 0.646 bits per heavy atom. The minimum absolute atomic E-state index is 0.306. The average molecular weight is 707 g/mol. The minimum Gasteiger partial charge on any atom is -0.394 e. The van der Waals surface area contributed by atoms with Crippen molar-refractivity contribution in [2.75, 3.05) is 33.5 Å². The van der Waals surface area contributed by atoms with Crippen molar-refractivity contribution in [1.29, 1.82) is 0 Å². The predicted molar refractivity (Wildman–Crippen MR) is 151 cm³/mol. The van der Waals surface area contributed by atoms with Crippen LogP contribution in [0.25, 0.3) is 0 Å². The van der Waals surface area contributed by atoms with Crippen LogP contribution in [0.2, 0.25) is 0 Å². The van der Waals surface area contributed by atoms with Gasteiger partial charge in [0, 0.05) is 13.0 Å². The van der Waals surface area contributed by atoms with E-state index >= 15 is 0 Å². The van der Waals surface area contributed by atoms with E-state index in [2.05, 4.69) is 0 Å². The summed E-state index contributed by atoms with van der Waals surface area (Å²) in [5, 5.41) is 136. The summed E-state index contributed by atoms with van der Waals surface area (Å²) in [5.41, 5.74) is -3.65. The van der Waals surface area contributed by atoms with Gasteiger partial charge in [0.1, 0.15) is 84.4 Å². The molecule has 0 spiro atoms. The van der Waals surface area contributed by atoms with Crippen LogP contribution in [0.1, 0.15) is 20.3 Å². The van der Waals surface area contributed by atoms with Crippen LogP contribution < -0.4 is 0 Å². The zero-order valence-corrected chi connectivity index (χ0v) is 26.6. The molecule has 3 aliphatic heterocycles. The molecule has 0 aromatic rings. The Kier molecular flexibility index (Phi) is 13.2. The number of ether oxygens (including phenoxy) is 7. The molecule has 0 radical (unpaired) electrons. The van der Waals surface area contributed by atoms with Crippen molar-refractivity contribution >= 4 is 0 Å². The standard InChI is InChI=1S/C28H50O20/c1-27(41)12(6-30)46-26(18(36)22(27)38)48-20-9(8-43-25-19(37)23(39)28(2,42-3)13(7-31)47-25)4-10(14(32)15(20)33)44-21-11(5-29)45-24(40)17(35)16(21)34/h9-26,29-41H,4-8H2,1-3H3/t9?,10-,11?,12?,13?,14?,15-,16-,17?,18?,19?,20+,21+,22-,23-,24-,25-,26+,27+,28+/m0/s1. The Hall–Kier alpha value is -0.800. The molecule has 8 unspecified atom stereocenters. The molecule has 282 valence electrons. The van der Waals surface area contributed by atoms with Gasteiger partial charge in [-0.1, -0.05) is 0 Å². The summed E-state index contributed by atoms with van der Waals surface area (Å²) in [6, 6.07) is 0. The lowest BCUT2D eigenvalue weighted by molar-refractivity contribution is -0.358. The summed E-state index contributed by atoms with van der Waals surface area (Å²) in [5.74, 6) is -1.10. The molecule has 4 aliphatic rings. The van der Waals surface area contributed by atoms with Gasteiger partial charge in [-0.05, 0) is 20.3 Å². The van der Waals surface area contributed by atoms with E-state index in [0.29, 0.717) is 0 Å². The highest BCUT2D eigenvalue weighted by atomic mass is 16.7. The van der Waals surface area contributed by atoms with E-state index in [1.165, 1.54) is 14.0 Å². The van der Waals surface area contributed by atoms with E-state index < -0.39 is 148 Å². The zero-order valence-electron chi connectivity index (χ0n) is 26.6. The Balaban J connectivity index is 1.59. The number of aliphatic hydroxyl groups is 13. The second-order valence-corrected chi connectivity index (χ2v) is 13.1. The van der Waals surface area contributed by atoms with Crippen LogP contribution in [-0.2, 0) is 33.2 Å². The summed E-state index contributed by atoms with van der Waals surface area (Å²) in [4.78, 5) is 0. The Labute approximate surface area is 275 Å². The smallest absolute Gasteiger partial charge is 0.187 e. The van der Waals surface area contributed by atoms with Crippen LogP contribution >= 0.6 is 0 Å². The van der Waals surface area contributed by atoms with Crippen LogP contribution in [0, 0.1) is 5.92 Å². The molecule has 20 heteroatoms. The molecule has 0 amide bonds. The molecular formula is C28H50O20. The first-order valence-electron chi connectivity index (χ1n) is 15.6. The fraction of sp³-hybridized carbons (Fsp3) is 1.00. The predicted octanol–water partition coefficient (Wildman–Crippen LogP) is -7.65. The molecule has 1 aliphatic carbocycles. The quantitative estimate of drug-likeness (QED) is 0.0948. The van der Waals surface area contributed by atoms with Gasteiger partial charge in [-0.25, -0.2) is 0 Å². The van der Waals surface area contributed by atoms with Gasteiger partial charge < -0.3 is 99.5 Å². The van der Waals surface area contributed by atoms with Crippen molar-refractivity contribution in [1.82, 2.24) is 0 Å². The van der Waals surface area contributed by atoms with E-state index in [4.69, 9.17) is 33.2 Å². The number of hydrogen-bond donors (Lipinski definition) is 13. The van der Waals surface area contributed by atoms with Gasteiger partial charge in [0.25, 0.3) is 0 Å². The first-order chi connectivity index (χ1) is 22.5. The molecule has 48 heavy (non-hydrogen) atoms. The van der Waals surface area contributed by atoms with Gasteiger partial charge in [0.15, 0.2) is 18.9 Å².